The largest absolute Gasteiger partial charge is 0.480 e. The summed E-state index contributed by atoms with van der Waals surface area (Å²) in [5.74, 6) is 1.07. The molecule has 2 rings (SSSR count). The highest BCUT2D eigenvalue weighted by Crippen LogP contribution is 2.23. The second-order valence-electron chi connectivity index (χ2n) is 5.04. The summed E-state index contributed by atoms with van der Waals surface area (Å²) in [6, 6.07) is 12.4. The topological polar surface area (TPSA) is 47.0 Å². The summed E-state index contributed by atoms with van der Waals surface area (Å²) in [5.41, 5.74) is 3.39. The molecular formula is C16H21N3O. The lowest BCUT2D eigenvalue weighted by atomic mass is 9.98. The van der Waals surface area contributed by atoms with E-state index in [4.69, 9.17) is 4.74 Å². The van der Waals surface area contributed by atoms with Crippen molar-refractivity contribution in [1.82, 2.24) is 15.5 Å². The van der Waals surface area contributed by atoms with Crippen LogP contribution in [0.2, 0.25) is 0 Å². The summed E-state index contributed by atoms with van der Waals surface area (Å²) >= 11 is 0. The molecule has 1 unspecified atom stereocenters. The van der Waals surface area contributed by atoms with E-state index >= 15 is 0 Å². The maximum atomic E-state index is 5.04. The molecule has 1 aromatic carbocycles. The second kappa shape index (κ2) is 6.48. The number of aromatic nitrogens is 2. The van der Waals surface area contributed by atoms with Crippen molar-refractivity contribution in [3.05, 3.63) is 53.2 Å². The molecule has 0 radical (unpaired) electrons. The third kappa shape index (κ3) is 3.14. The molecule has 2 aromatic rings. The minimum atomic E-state index is 0.0367. The van der Waals surface area contributed by atoms with E-state index in [1.165, 1.54) is 11.1 Å². The van der Waals surface area contributed by atoms with Crippen LogP contribution in [0.25, 0.3) is 0 Å². The van der Waals surface area contributed by atoms with E-state index < -0.39 is 0 Å². The van der Waals surface area contributed by atoms with Crippen LogP contribution in [-0.4, -0.2) is 24.4 Å². The van der Waals surface area contributed by atoms with E-state index in [0.717, 1.165) is 5.69 Å². The minimum Gasteiger partial charge on any atom is -0.480 e. The van der Waals surface area contributed by atoms with Crippen LogP contribution >= 0.6 is 0 Å². The van der Waals surface area contributed by atoms with Gasteiger partial charge in [0.2, 0.25) is 5.88 Å². The van der Waals surface area contributed by atoms with Gasteiger partial charge >= 0.3 is 0 Å². The van der Waals surface area contributed by atoms with Crippen LogP contribution in [-0.2, 0) is 0 Å². The third-order valence-corrected chi connectivity index (χ3v) is 3.39. The molecule has 0 saturated carbocycles. The van der Waals surface area contributed by atoms with Crippen molar-refractivity contribution in [3.63, 3.8) is 0 Å². The first kappa shape index (κ1) is 14.5. The van der Waals surface area contributed by atoms with Crippen molar-refractivity contribution < 1.29 is 4.74 Å². The van der Waals surface area contributed by atoms with Gasteiger partial charge in [-0.05, 0) is 30.2 Å². The highest BCUT2D eigenvalue weighted by atomic mass is 16.5. The van der Waals surface area contributed by atoms with Gasteiger partial charge in [-0.3, -0.25) is 0 Å². The van der Waals surface area contributed by atoms with Gasteiger partial charge in [0.05, 0.1) is 18.8 Å². The molecule has 1 atom stereocenters. The van der Waals surface area contributed by atoms with Crippen molar-refractivity contribution >= 4 is 0 Å². The molecule has 0 aliphatic carbocycles. The van der Waals surface area contributed by atoms with Gasteiger partial charge in [-0.25, -0.2) is 0 Å². The van der Waals surface area contributed by atoms with E-state index in [2.05, 4.69) is 53.6 Å². The van der Waals surface area contributed by atoms with Gasteiger partial charge < -0.3 is 10.1 Å². The van der Waals surface area contributed by atoms with E-state index in [1.807, 2.05) is 19.2 Å². The van der Waals surface area contributed by atoms with Crippen LogP contribution in [0.3, 0.4) is 0 Å². The van der Waals surface area contributed by atoms with Crippen LogP contribution in [0, 0.1) is 0 Å². The molecule has 0 aliphatic heterocycles. The Morgan fingerprint density at radius 2 is 1.60 bits per heavy atom. The Bertz CT molecular complexity index is 535. The summed E-state index contributed by atoms with van der Waals surface area (Å²) in [7, 11) is 3.51. The molecule has 0 amide bonds. The highest BCUT2D eigenvalue weighted by molar-refractivity contribution is 5.31. The van der Waals surface area contributed by atoms with Gasteiger partial charge in [0, 0.05) is 6.07 Å². The van der Waals surface area contributed by atoms with Crippen LogP contribution in [0.5, 0.6) is 5.88 Å². The first-order valence-corrected chi connectivity index (χ1v) is 6.80. The predicted octanol–water partition coefficient (Wildman–Crippen LogP) is 2.92. The van der Waals surface area contributed by atoms with Crippen molar-refractivity contribution in [3.8, 4) is 5.88 Å². The number of benzene rings is 1. The summed E-state index contributed by atoms with van der Waals surface area (Å²) < 4.78 is 5.04. The molecule has 1 aromatic heterocycles. The van der Waals surface area contributed by atoms with Crippen molar-refractivity contribution in [2.75, 3.05) is 14.2 Å². The molecule has 1 heterocycles. The monoisotopic (exact) mass is 271 g/mol. The van der Waals surface area contributed by atoms with Crippen LogP contribution in [0.4, 0.5) is 0 Å². The molecule has 20 heavy (non-hydrogen) atoms. The zero-order valence-corrected chi connectivity index (χ0v) is 12.4. The quantitative estimate of drug-likeness (QED) is 0.908. The van der Waals surface area contributed by atoms with Gasteiger partial charge in [-0.15, -0.1) is 10.2 Å². The van der Waals surface area contributed by atoms with Gasteiger partial charge in [-0.1, -0.05) is 38.1 Å². The number of ether oxygens (including phenoxy) is 1. The molecule has 0 bridgehead atoms. The fourth-order valence-corrected chi connectivity index (χ4v) is 2.15. The Morgan fingerprint density at radius 1 is 0.950 bits per heavy atom. The van der Waals surface area contributed by atoms with E-state index in [-0.39, 0.29) is 6.04 Å². The number of methoxy groups -OCH3 is 1. The number of nitrogens with zero attached hydrogens (tertiary/aromatic N) is 2. The molecule has 0 spiro atoms. The van der Waals surface area contributed by atoms with E-state index in [0.29, 0.717) is 11.8 Å². The molecular weight excluding hydrogens is 250 g/mol. The fraction of sp³-hybridized carbons (Fsp3) is 0.375. The van der Waals surface area contributed by atoms with Crippen molar-refractivity contribution in [2.24, 2.45) is 0 Å². The lowest BCUT2D eigenvalue weighted by Gasteiger charge is -2.16. The highest BCUT2D eigenvalue weighted by Gasteiger charge is 2.14. The summed E-state index contributed by atoms with van der Waals surface area (Å²) in [6.07, 6.45) is 0. The SMILES string of the molecule is CNC(c1ccc(C(C)C)cc1)c1ccc(OC)nn1. The fourth-order valence-electron chi connectivity index (χ4n) is 2.15. The minimum absolute atomic E-state index is 0.0367. The van der Waals surface area contributed by atoms with Crippen LogP contribution in [0.15, 0.2) is 36.4 Å². The molecule has 0 saturated heterocycles. The Morgan fingerprint density at radius 3 is 2.05 bits per heavy atom. The van der Waals surface area contributed by atoms with Gasteiger partial charge in [-0.2, -0.15) is 0 Å². The lowest BCUT2D eigenvalue weighted by Crippen LogP contribution is -2.19. The smallest absolute Gasteiger partial charge is 0.233 e. The number of hydrogen-bond acceptors (Lipinski definition) is 4. The average molecular weight is 271 g/mol. The van der Waals surface area contributed by atoms with Gasteiger partial charge in [0.25, 0.3) is 0 Å². The summed E-state index contributed by atoms with van der Waals surface area (Å²) in [6.45, 7) is 4.39. The van der Waals surface area contributed by atoms with Gasteiger partial charge in [0.15, 0.2) is 0 Å². The first-order valence-electron chi connectivity index (χ1n) is 6.80. The molecule has 0 fully saturated rings. The van der Waals surface area contributed by atoms with Gasteiger partial charge in [0.1, 0.15) is 0 Å². The van der Waals surface area contributed by atoms with E-state index in [1.54, 1.807) is 7.11 Å². The zero-order chi connectivity index (χ0) is 14.5. The zero-order valence-electron chi connectivity index (χ0n) is 12.4. The molecule has 4 heteroatoms. The molecule has 106 valence electrons. The third-order valence-electron chi connectivity index (χ3n) is 3.39. The van der Waals surface area contributed by atoms with Crippen LogP contribution in [0.1, 0.15) is 42.6 Å². The number of rotatable bonds is 5. The number of hydrogen-bond donors (Lipinski definition) is 1. The summed E-state index contributed by atoms with van der Waals surface area (Å²) in [4.78, 5) is 0. The number of nitrogens with one attached hydrogen (secondary N) is 1. The molecule has 0 aliphatic rings. The van der Waals surface area contributed by atoms with E-state index in [9.17, 15) is 0 Å². The average Bonchev–Trinajstić information content (AvgIpc) is 2.49. The normalized spacial score (nSPS) is 12.4. The standard InChI is InChI=1S/C16H21N3O/c1-11(2)12-5-7-13(8-6-12)16(17-3)14-9-10-15(20-4)19-18-14/h5-11,16-17H,1-4H3. The van der Waals surface area contributed by atoms with Crippen molar-refractivity contribution in [2.45, 2.75) is 25.8 Å². The Balaban J connectivity index is 2.26. The Hall–Kier alpha value is -1.94. The summed E-state index contributed by atoms with van der Waals surface area (Å²) in [5, 5.41) is 11.5. The van der Waals surface area contributed by atoms with Crippen LogP contribution < -0.4 is 10.1 Å². The Kier molecular flexibility index (Phi) is 4.69. The first-order chi connectivity index (χ1) is 9.65. The Labute approximate surface area is 120 Å². The van der Waals surface area contributed by atoms with Crippen molar-refractivity contribution in [1.29, 1.82) is 0 Å². The molecule has 4 nitrogen and oxygen atoms in total. The molecule has 1 N–H and O–H groups in total. The predicted molar refractivity (Wildman–Crippen MR) is 80.0 cm³/mol. The maximum Gasteiger partial charge on any atom is 0.233 e. The second-order valence-corrected chi connectivity index (χ2v) is 5.04. The lowest BCUT2D eigenvalue weighted by molar-refractivity contribution is 0.390. The maximum absolute atomic E-state index is 5.04.